The van der Waals surface area contributed by atoms with Crippen LogP contribution < -0.4 is 10.4 Å². The predicted octanol–water partition coefficient (Wildman–Crippen LogP) is 6.05. The largest absolute Gasteiger partial charge is 0.487 e. The lowest BCUT2D eigenvalue weighted by molar-refractivity contribution is 0.363. The third-order valence-electron chi connectivity index (χ3n) is 4.64. The van der Waals surface area contributed by atoms with Gasteiger partial charge in [-0.05, 0) is 66.0 Å². The first-order valence-electron chi connectivity index (χ1n) is 8.73. The minimum Gasteiger partial charge on any atom is -0.487 e. The Bertz CT molecular complexity index is 1120. The van der Waals surface area contributed by atoms with Crippen molar-refractivity contribution in [3.8, 4) is 5.75 Å². The van der Waals surface area contributed by atoms with Crippen molar-refractivity contribution in [3.05, 3.63) is 73.6 Å². The molecule has 0 unspecified atom stereocenters. The number of hydrogen-bond acceptors (Lipinski definition) is 4. The first-order valence-corrected chi connectivity index (χ1v) is 10.5. The number of thioether (sulfide) groups is 1. The number of fused-ring (bicyclic) bond motifs is 3. The standard InChI is InChI=1S/C22H19BrO3S/c1-12-4-5-18-16(9-12)21-19(22(24)26-18)15(6-7-27-21)11-25-20-14(3)8-13(2)10-17(20)23/h4-6,8-10H,7,11H2,1-3H3. The van der Waals surface area contributed by atoms with Crippen molar-refractivity contribution < 1.29 is 9.15 Å². The second-order valence-electron chi connectivity index (χ2n) is 6.82. The van der Waals surface area contributed by atoms with Gasteiger partial charge in [0, 0.05) is 21.6 Å². The number of ether oxygens (including phenoxy) is 1. The molecule has 138 valence electrons. The Morgan fingerprint density at radius 1 is 1.15 bits per heavy atom. The van der Waals surface area contributed by atoms with Gasteiger partial charge < -0.3 is 9.15 Å². The fraction of sp³-hybridized carbons (Fsp3) is 0.227. The Labute approximate surface area is 170 Å². The van der Waals surface area contributed by atoms with Crippen LogP contribution in [0.15, 0.2) is 55.0 Å². The highest BCUT2D eigenvalue weighted by atomic mass is 79.9. The molecule has 1 aliphatic heterocycles. The molecule has 0 saturated heterocycles. The molecule has 0 atom stereocenters. The fourth-order valence-corrected chi connectivity index (χ4v) is 5.32. The molecule has 4 rings (SSSR count). The molecule has 0 amide bonds. The molecule has 0 radical (unpaired) electrons. The quantitative estimate of drug-likeness (QED) is 0.462. The van der Waals surface area contributed by atoms with Gasteiger partial charge in [-0.15, -0.1) is 11.8 Å². The monoisotopic (exact) mass is 442 g/mol. The number of rotatable bonds is 3. The summed E-state index contributed by atoms with van der Waals surface area (Å²) >= 11 is 5.25. The van der Waals surface area contributed by atoms with E-state index in [4.69, 9.17) is 9.15 Å². The van der Waals surface area contributed by atoms with Crippen LogP contribution in [0, 0.1) is 20.8 Å². The minimum absolute atomic E-state index is 0.303. The van der Waals surface area contributed by atoms with E-state index in [1.165, 1.54) is 5.56 Å². The van der Waals surface area contributed by atoms with Gasteiger partial charge in [0.25, 0.3) is 0 Å². The molecule has 3 aromatic rings. The van der Waals surface area contributed by atoms with E-state index in [1.54, 1.807) is 11.8 Å². The van der Waals surface area contributed by atoms with Gasteiger partial charge >= 0.3 is 5.63 Å². The lowest BCUT2D eigenvalue weighted by Gasteiger charge is -2.19. The molecule has 5 heteroatoms. The van der Waals surface area contributed by atoms with E-state index in [-0.39, 0.29) is 5.63 Å². The van der Waals surface area contributed by atoms with Gasteiger partial charge in [0.1, 0.15) is 17.9 Å². The van der Waals surface area contributed by atoms with E-state index in [2.05, 4.69) is 41.1 Å². The van der Waals surface area contributed by atoms with Crippen LogP contribution in [0.1, 0.15) is 22.3 Å². The van der Waals surface area contributed by atoms with Crippen LogP contribution in [0.4, 0.5) is 0 Å². The maximum atomic E-state index is 12.7. The molecular formula is C22H19BrO3S. The zero-order valence-corrected chi connectivity index (χ0v) is 17.8. The maximum Gasteiger partial charge on any atom is 0.345 e. The first kappa shape index (κ1) is 18.4. The van der Waals surface area contributed by atoms with E-state index in [0.717, 1.165) is 43.0 Å². The third kappa shape index (κ3) is 3.46. The summed E-state index contributed by atoms with van der Waals surface area (Å²) in [4.78, 5) is 13.7. The van der Waals surface area contributed by atoms with Crippen LogP contribution >= 0.6 is 27.7 Å². The highest BCUT2D eigenvalue weighted by Crippen LogP contribution is 2.38. The van der Waals surface area contributed by atoms with Gasteiger partial charge in [0.05, 0.1) is 10.0 Å². The van der Waals surface area contributed by atoms with Crippen molar-refractivity contribution in [2.75, 3.05) is 12.4 Å². The number of hydrogen-bond donors (Lipinski definition) is 0. The Balaban J connectivity index is 1.73. The summed E-state index contributed by atoms with van der Waals surface area (Å²) in [6.07, 6.45) is 2.06. The lowest BCUT2D eigenvalue weighted by atomic mass is 10.0. The SMILES string of the molecule is Cc1cc(C)c(OCC2=CCSc3c2c(=O)oc2ccc(C)cc32)c(Br)c1. The highest BCUT2D eigenvalue weighted by Gasteiger charge is 2.22. The van der Waals surface area contributed by atoms with Gasteiger partial charge in [-0.25, -0.2) is 4.79 Å². The van der Waals surface area contributed by atoms with Crippen LogP contribution in [0.25, 0.3) is 16.5 Å². The molecule has 3 nitrogen and oxygen atoms in total. The zero-order chi connectivity index (χ0) is 19.1. The summed E-state index contributed by atoms with van der Waals surface area (Å²) < 4.78 is 12.6. The molecular weight excluding hydrogens is 424 g/mol. The van der Waals surface area contributed by atoms with Crippen molar-refractivity contribution in [1.29, 1.82) is 0 Å². The van der Waals surface area contributed by atoms with Crippen molar-refractivity contribution in [2.24, 2.45) is 0 Å². The number of benzene rings is 2. The van der Waals surface area contributed by atoms with Crippen molar-refractivity contribution >= 4 is 44.2 Å². The summed E-state index contributed by atoms with van der Waals surface area (Å²) in [6, 6.07) is 10.0. The Hall–Kier alpha value is -1.98. The number of halogens is 1. The lowest BCUT2D eigenvalue weighted by Crippen LogP contribution is -2.16. The molecule has 0 spiro atoms. The molecule has 1 aromatic heterocycles. The van der Waals surface area contributed by atoms with Crippen LogP contribution in [-0.2, 0) is 0 Å². The number of aryl methyl sites for hydroxylation is 3. The molecule has 1 aliphatic rings. The predicted molar refractivity (Wildman–Crippen MR) is 115 cm³/mol. The molecule has 0 aliphatic carbocycles. The zero-order valence-electron chi connectivity index (χ0n) is 15.4. The molecule has 2 heterocycles. The smallest absolute Gasteiger partial charge is 0.345 e. The van der Waals surface area contributed by atoms with Gasteiger partial charge in [0.15, 0.2) is 0 Å². The van der Waals surface area contributed by atoms with Crippen LogP contribution in [0.5, 0.6) is 5.75 Å². The molecule has 27 heavy (non-hydrogen) atoms. The molecule has 0 saturated carbocycles. The maximum absolute atomic E-state index is 12.7. The molecule has 0 bridgehead atoms. The summed E-state index contributed by atoms with van der Waals surface area (Å²) in [5, 5.41) is 0.993. The van der Waals surface area contributed by atoms with E-state index >= 15 is 0 Å². The average molecular weight is 443 g/mol. The van der Waals surface area contributed by atoms with E-state index in [0.29, 0.717) is 17.8 Å². The van der Waals surface area contributed by atoms with E-state index in [9.17, 15) is 4.79 Å². The Morgan fingerprint density at radius 3 is 2.74 bits per heavy atom. The Morgan fingerprint density at radius 2 is 1.96 bits per heavy atom. The van der Waals surface area contributed by atoms with Crippen LogP contribution in [0.3, 0.4) is 0 Å². The van der Waals surface area contributed by atoms with Crippen LogP contribution in [0.2, 0.25) is 0 Å². The molecule has 2 aromatic carbocycles. The first-order chi connectivity index (χ1) is 12.9. The third-order valence-corrected chi connectivity index (χ3v) is 6.27. The minimum atomic E-state index is -0.303. The summed E-state index contributed by atoms with van der Waals surface area (Å²) in [7, 11) is 0. The summed E-state index contributed by atoms with van der Waals surface area (Å²) in [6.45, 7) is 6.45. The molecule has 0 fully saturated rings. The molecule has 0 N–H and O–H groups in total. The Kier molecular flexibility index (Phi) is 4.91. The van der Waals surface area contributed by atoms with E-state index < -0.39 is 0 Å². The van der Waals surface area contributed by atoms with Crippen molar-refractivity contribution in [2.45, 2.75) is 25.7 Å². The second kappa shape index (κ2) is 7.21. The second-order valence-corrected chi connectivity index (χ2v) is 8.70. The topological polar surface area (TPSA) is 39.4 Å². The van der Waals surface area contributed by atoms with E-state index in [1.807, 2.05) is 32.0 Å². The van der Waals surface area contributed by atoms with Crippen LogP contribution in [-0.4, -0.2) is 12.4 Å². The summed E-state index contributed by atoms with van der Waals surface area (Å²) in [5.74, 6) is 1.62. The van der Waals surface area contributed by atoms with Gasteiger partial charge in [0.2, 0.25) is 0 Å². The fourth-order valence-electron chi connectivity index (χ4n) is 3.41. The summed E-state index contributed by atoms with van der Waals surface area (Å²) in [5.41, 5.74) is 5.23. The average Bonchev–Trinajstić information content (AvgIpc) is 2.61. The highest BCUT2D eigenvalue weighted by molar-refractivity contribution is 9.10. The van der Waals surface area contributed by atoms with Gasteiger partial charge in [-0.1, -0.05) is 23.8 Å². The van der Waals surface area contributed by atoms with Crippen molar-refractivity contribution in [1.82, 2.24) is 0 Å². The van der Waals surface area contributed by atoms with Gasteiger partial charge in [-0.3, -0.25) is 0 Å². The van der Waals surface area contributed by atoms with Gasteiger partial charge in [-0.2, -0.15) is 0 Å². The van der Waals surface area contributed by atoms with Crippen molar-refractivity contribution in [3.63, 3.8) is 0 Å². The normalized spacial score (nSPS) is 13.4.